The lowest BCUT2D eigenvalue weighted by atomic mass is 9.92. The summed E-state index contributed by atoms with van der Waals surface area (Å²) in [5.41, 5.74) is 12.7. The fraction of sp³-hybridized carbons (Fsp3) is 0.452. The summed E-state index contributed by atoms with van der Waals surface area (Å²) >= 11 is 7.92. The normalized spacial score (nSPS) is 26.1. The summed E-state index contributed by atoms with van der Waals surface area (Å²) in [6.07, 6.45) is 3.88. The second-order valence-electron chi connectivity index (χ2n) is 12.5. The summed E-state index contributed by atoms with van der Waals surface area (Å²) in [5.74, 6) is -0.0721. The fourth-order valence-electron chi connectivity index (χ4n) is 7.93. The van der Waals surface area contributed by atoms with Gasteiger partial charge in [-0.15, -0.1) is 11.3 Å². The van der Waals surface area contributed by atoms with E-state index in [9.17, 15) is 9.65 Å². The third-order valence-corrected chi connectivity index (χ3v) is 11.3. The molecule has 13 heteroatoms. The lowest BCUT2D eigenvalue weighted by Gasteiger charge is -2.31. The number of anilines is 2. The van der Waals surface area contributed by atoms with Crippen LogP contribution in [0.2, 0.25) is 5.02 Å². The summed E-state index contributed by atoms with van der Waals surface area (Å²) in [6.45, 7) is 5.53. The minimum Gasteiger partial charge on any atom is -0.489 e. The molecule has 2 aromatic heterocycles. The molecule has 228 valence electrons. The van der Waals surface area contributed by atoms with Crippen LogP contribution >= 0.6 is 22.9 Å². The number of nitrogen functional groups attached to an aromatic ring is 1. The van der Waals surface area contributed by atoms with Gasteiger partial charge in [0.2, 0.25) is 0 Å². The Hall–Kier alpha value is -3.50. The first-order chi connectivity index (χ1) is 21.2. The highest BCUT2D eigenvalue weighted by Gasteiger charge is 2.48. The van der Waals surface area contributed by atoms with Gasteiger partial charge in [0.25, 0.3) is 0 Å². The van der Waals surface area contributed by atoms with Crippen LogP contribution in [0, 0.1) is 28.9 Å². The molecule has 3 fully saturated rings. The number of thiophene rings is 1. The van der Waals surface area contributed by atoms with E-state index in [0.29, 0.717) is 30.3 Å². The molecule has 4 N–H and O–H groups in total. The molecule has 8 rings (SSSR count). The molecule has 4 aromatic rings. The van der Waals surface area contributed by atoms with E-state index in [1.54, 1.807) is 0 Å². The van der Waals surface area contributed by atoms with E-state index in [1.165, 1.54) is 12.1 Å². The summed E-state index contributed by atoms with van der Waals surface area (Å²) in [4.78, 5) is 14.0. The SMILES string of the molecule is C[C@H]1CN2CCCC2(COc2nc3c4c(c(Cl)c(-c5ccc(F)c6sc(N)c(C#N)c56)c(F)c4n2)OCC2C(N)CCN32)C1. The Morgan fingerprint density at radius 3 is 2.93 bits per heavy atom. The van der Waals surface area contributed by atoms with Gasteiger partial charge in [-0.1, -0.05) is 24.6 Å². The minimum absolute atomic E-state index is 0.0229. The number of benzene rings is 2. The molecule has 9 nitrogen and oxygen atoms in total. The number of nitrogens with zero attached hydrogens (tertiary/aromatic N) is 5. The maximum atomic E-state index is 17.0. The quantitative estimate of drug-likeness (QED) is 0.300. The molecule has 3 saturated heterocycles. The smallest absolute Gasteiger partial charge is 0.319 e. The molecule has 0 radical (unpaired) electrons. The number of nitrogens with two attached hydrogens (primary N) is 2. The predicted molar refractivity (Wildman–Crippen MR) is 166 cm³/mol. The van der Waals surface area contributed by atoms with Crippen molar-refractivity contribution in [3.63, 3.8) is 0 Å². The molecular weight excluding hydrogens is 608 g/mol. The van der Waals surface area contributed by atoms with Gasteiger partial charge in [-0.25, -0.2) is 8.78 Å². The standard InChI is InChI=1S/C31H30ClF2N7O2S/c1-14-9-31(6-2-7-40(31)11-14)13-43-30-38-25-22-26(42-12-19-18(36)5-8-41(19)29(22)39-30)23(32)21(24(25)34)15-3-4-17(33)27-20(15)16(10-35)28(37)44-27/h3-4,14,18-19H,2,5-9,11-13,36-37H2,1H3/t14-,18?,19?,31?/m1/s1. The third-order valence-electron chi connectivity index (χ3n) is 9.88. The van der Waals surface area contributed by atoms with Gasteiger partial charge < -0.3 is 25.8 Å². The molecule has 0 aliphatic carbocycles. The van der Waals surface area contributed by atoms with Gasteiger partial charge in [-0.3, -0.25) is 4.90 Å². The van der Waals surface area contributed by atoms with E-state index in [2.05, 4.69) is 16.8 Å². The van der Waals surface area contributed by atoms with Crippen molar-refractivity contribution in [1.29, 1.82) is 5.26 Å². The third kappa shape index (κ3) is 3.92. The van der Waals surface area contributed by atoms with Gasteiger partial charge in [0, 0.05) is 30.1 Å². The van der Waals surface area contributed by atoms with Gasteiger partial charge in [0.1, 0.15) is 41.4 Å². The van der Waals surface area contributed by atoms with E-state index in [-0.39, 0.29) is 78.3 Å². The maximum Gasteiger partial charge on any atom is 0.319 e. The molecule has 0 bridgehead atoms. The highest BCUT2D eigenvalue weighted by molar-refractivity contribution is 7.23. The Morgan fingerprint density at radius 2 is 2.11 bits per heavy atom. The molecular formula is C31H30ClF2N7O2S. The monoisotopic (exact) mass is 637 g/mol. The van der Waals surface area contributed by atoms with Crippen LogP contribution in [0.5, 0.6) is 11.8 Å². The van der Waals surface area contributed by atoms with Gasteiger partial charge in [-0.2, -0.15) is 15.2 Å². The zero-order chi connectivity index (χ0) is 30.5. The van der Waals surface area contributed by atoms with E-state index >= 15 is 4.39 Å². The van der Waals surface area contributed by atoms with Crippen molar-refractivity contribution in [2.75, 3.05) is 43.5 Å². The Balaban J connectivity index is 1.35. The van der Waals surface area contributed by atoms with Crippen LogP contribution in [0.3, 0.4) is 0 Å². The number of fused-ring (bicyclic) bond motifs is 4. The molecule has 4 atom stereocenters. The van der Waals surface area contributed by atoms with Gasteiger partial charge >= 0.3 is 6.01 Å². The fourth-order valence-corrected chi connectivity index (χ4v) is 9.21. The van der Waals surface area contributed by atoms with Crippen molar-refractivity contribution in [2.24, 2.45) is 11.7 Å². The van der Waals surface area contributed by atoms with E-state index in [1.807, 2.05) is 11.0 Å². The lowest BCUT2D eigenvalue weighted by Crippen LogP contribution is -2.44. The summed E-state index contributed by atoms with van der Waals surface area (Å²) in [7, 11) is 0. The molecule has 0 amide bonds. The minimum atomic E-state index is -0.746. The molecule has 4 aliphatic rings. The molecule has 2 aromatic carbocycles. The second-order valence-corrected chi connectivity index (χ2v) is 14.0. The average molecular weight is 638 g/mol. The van der Waals surface area contributed by atoms with Gasteiger partial charge in [0.15, 0.2) is 11.6 Å². The van der Waals surface area contributed by atoms with E-state index in [4.69, 9.17) is 37.5 Å². The highest BCUT2D eigenvalue weighted by atomic mass is 35.5. The van der Waals surface area contributed by atoms with Crippen LogP contribution in [-0.2, 0) is 0 Å². The van der Waals surface area contributed by atoms with Crippen molar-refractivity contribution in [1.82, 2.24) is 14.9 Å². The lowest BCUT2D eigenvalue weighted by molar-refractivity contribution is 0.107. The number of ether oxygens (including phenoxy) is 2. The van der Waals surface area contributed by atoms with Crippen LogP contribution in [0.25, 0.3) is 32.1 Å². The summed E-state index contributed by atoms with van der Waals surface area (Å²) < 4.78 is 44.7. The average Bonchev–Trinajstić information content (AvgIpc) is 3.71. The number of rotatable bonds is 4. The van der Waals surface area contributed by atoms with E-state index in [0.717, 1.165) is 50.1 Å². The highest BCUT2D eigenvalue weighted by Crippen LogP contribution is 2.51. The molecule has 6 heterocycles. The Morgan fingerprint density at radius 1 is 1.27 bits per heavy atom. The van der Waals surface area contributed by atoms with Gasteiger partial charge in [-0.05, 0) is 49.8 Å². The largest absolute Gasteiger partial charge is 0.489 e. The van der Waals surface area contributed by atoms with E-state index < -0.39 is 11.6 Å². The Bertz CT molecular complexity index is 1910. The zero-order valence-electron chi connectivity index (χ0n) is 24.0. The predicted octanol–water partition coefficient (Wildman–Crippen LogP) is 5.45. The maximum absolute atomic E-state index is 17.0. The van der Waals surface area contributed by atoms with Crippen molar-refractivity contribution < 1.29 is 18.3 Å². The van der Waals surface area contributed by atoms with Crippen LogP contribution in [0.4, 0.5) is 19.6 Å². The number of nitriles is 1. The van der Waals surface area contributed by atoms with Crippen molar-refractivity contribution >= 4 is 54.7 Å². The number of hydrogen-bond acceptors (Lipinski definition) is 10. The molecule has 0 spiro atoms. The first-order valence-electron chi connectivity index (χ1n) is 14.9. The van der Waals surface area contributed by atoms with Crippen molar-refractivity contribution in [2.45, 2.75) is 50.2 Å². The zero-order valence-corrected chi connectivity index (χ0v) is 25.6. The van der Waals surface area contributed by atoms with Crippen molar-refractivity contribution in [3.05, 3.63) is 34.4 Å². The number of hydrogen-bond donors (Lipinski definition) is 2. The molecule has 0 saturated carbocycles. The van der Waals surface area contributed by atoms with Crippen molar-refractivity contribution in [3.8, 4) is 29.0 Å². The van der Waals surface area contributed by atoms with Crippen LogP contribution in [0.1, 0.15) is 38.2 Å². The Labute approximate surface area is 261 Å². The van der Waals surface area contributed by atoms with Crippen LogP contribution < -0.4 is 25.8 Å². The summed E-state index contributed by atoms with van der Waals surface area (Å²) in [5, 5.41) is 10.5. The molecule has 3 unspecified atom stereocenters. The number of aromatic nitrogens is 2. The number of halogens is 3. The first kappa shape index (κ1) is 28.0. The topological polar surface area (TPSA) is 127 Å². The van der Waals surface area contributed by atoms with Crippen LogP contribution in [0.15, 0.2) is 12.1 Å². The molecule has 44 heavy (non-hydrogen) atoms. The summed E-state index contributed by atoms with van der Waals surface area (Å²) in [6, 6.07) is 4.34. The second kappa shape index (κ2) is 10.0. The Kier molecular flexibility index (Phi) is 6.37. The van der Waals surface area contributed by atoms with Crippen LogP contribution in [-0.4, -0.2) is 65.3 Å². The van der Waals surface area contributed by atoms with Gasteiger partial charge in [0.05, 0.1) is 32.3 Å². The first-order valence-corrected chi connectivity index (χ1v) is 16.1. The molecule has 4 aliphatic heterocycles.